The van der Waals surface area contributed by atoms with Crippen molar-refractivity contribution in [3.05, 3.63) is 64.6 Å². The predicted molar refractivity (Wildman–Crippen MR) is 77.0 cm³/mol. The molecule has 0 spiro atoms. The third kappa shape index (κ3) is 1.92. The highest BCUT2D eigenvalue weighted by Crippen LogP contribution is 2.28. The van der Waals surface area contributed by atoms with E-state index >= 15 is 0 Å². The molecule has 0 radical (unpaired) electrons. The maximum absolute atomic E-state index is 4.43. The summed E-state index contributed by atoms with van der Waals surface area (Å²) in [7, 11) is 1.98. The molecule has 1 heterocycles. The zero-order chi connectivity index (χ0) is 12.4. The summed E-state index contributed by atoms with van der Waals surface area (Å²) in [5, 5.41) is 8.01. The standard InChI is InChI=1S/C15H14N2S/c1-16-15(14-9-18-10-17-14)13-8-4-6-11-5-2-3-7-12(11)13/h2-10,15-16H,1H3. The lowest BCUT2D eigenvalue weighted by Crippen LogP contribution is -2.18. The monoisotopic (exact) mass is 254 g/mol. The molecule has 0 saturated carbocycles. The number of thiazole rings is 1. The Morgan fingerprint density at radius 3 is 2.72 bits per heavy atom. The Labute approximate surface area is 110 Å². The van der Waals surface area contributed by atoms with Gasteiger partial charge in [0.15, 0.2) is 0 Å². The summed E-state index contributed by atoms with van der Waals surface area (Å²) in [6, 6.07) is 15.0. The maximum atomic E-state index is 4.43. The highest BCUT2D eigenvalue weighted by molar-refractivity contribution is 7.07. The molecule has 0 bridgehead atoms. The number of hydrogen-bond donors (Lipinski definition) is 1. The Morgan fingerprint density at radius 2 is 1.94 bits per heavy atom. The van der Waals surface area contributed by atoms with Crippen LogP contribution < -0.4 is 5.32 Å². The van der Waals surface area contributed by atoms with Crippen LogP contribution in [0.1, 0.15) is 17.3 Å². The molecule has 0 amide bonds. The van der Waals surface area contributed by atoms with Gasteiger partial charge in [-0.05, 0) is 23.4 Å². The maximum Gasteiger partial charge on any atom is 0.0795 e. The van der Waals surface area contributed by atoms with Gasteiger partial charge in [0.05, 0.1) is 17.2 Å². The molecule has 3 rings (SSSR count). The van der Waals surface area contributed by atoms with Gasteiger partial charge in [0.25, 0.3) is 0 Å². The molecule has 1 unspecified atom stereocenters. The van der Waals surface area contributed by atoms with E-state index in [1.54, 1.807) is 11.3 Å². The van der Waals surface area contributed by atoms with Crippen molar-refractivity contribution in [1.29, 1.82) is 0 Å². The zero-order valence-corrected chi connectivity index (χ0v) is 10.9. The second kappa shape index (κ2) is 4.88. The molecule has 0 aliphatic rings. The molecule has 90 valence electrons. The fourth-order valence-corrected chi connectivity index (χ4v) is 2.91. The molecule has 2 nitrogen and oxygen atoms in total. The normalized spacial score (nSPS) is 12.7. The van der Waals surface area contributed by atoms with Gasteiger partial charge in [-0.1, -0.05) is 42.5 Å². The van der Waals surface area contributed by atoms with Crippen molar-refractivity contribution in [1.82, 2.24) is 10.3 Å². The number of nitrogens with one attached hydrogen (secondary N) is 1. The van der Waals surface area contributed by atoms with E-state index in [9.17, 15) is 0 Å². The molecule has 2 aromatic carbocycles. The summed E-state index contributed by atoms with van der Waals surface area (Å²) < 4.78 is 0. The third-order valence-corrected chi connectivity index (χ3v) is 3.77. The lowest BCUT2D eigenvalue weighted by molar-refractivity contribution is 0.680. The summed E-state index contributed by atoms with van der Waals surface area (Å²) in [5.41, 5.74) is 4.24. The predicted octanol–water partition coefficient (Wildman–Crippen LogP) is 3.61. The van der Waals surface area contributed by atoms with Crippen LogP contribution in [0.3, 0.4) is 0 Å². The SMILES string of the molecule is CNC(c1cscn1)c1cccc2ccccc12. The molecule has 18 heavy (non-hydrogen) atoms. The number of rotatable bonds is 3. The first-order valence-corrected chi connectivity index (χ1v) is 6.87. The van der Waals surface area contributed by atoms with E-state index in [0.717, 1.165) is 5.69 Å². The number of benzene rings is 2. The van der Waals surface area contributed by atoms with Crippen LogP contribution in [0.15, 0.2) is 53.4 Å². The minimum Gasteiger partial charge on any atom is -0.308 e. The second-order valence-corrected chi connectivity index (χ2v) is 4.92. The summed E-state index contributed by atoms with van der Waals surface area (Å²) in [4.78, 5) is 4.43. The van der Waals surface area contributed by atoms with Gasteiger partial charge in [-0.25, -0.2) is 4.98 Å². The molecule has 3 aromatic rings. The van der Waals surface area contributed by atoms with E-state index in [0.29, 0.717) is 0 Å². The molecule has 0 aliphatic heterocycles. The quantitative estimate of drug-likeness (QED) is 0.772. The van der Waals surface area contributed by atoms with Gasteiger partial charge in [-0.3, -0.25) is 0 Å². The third-order valence-electron chi connectivity index (χ3n) is 3.17. The molecule has 0 aliphatic carbocycles. The molecule has 0 fully saturated rings. The largest absolute Gasteiger partial charge is 0.308 e. The number of fused-ring (bicyclic) bond motifs is 1. The Bertz CT molecular complexity index is 641. The van der Waals surface area contributed by atoms with Gasteiger partial charge in [0.1, 0.15) is 0 Å². The number of hydrogen-bond acceptors (Lipinski definition) is 3. The number of nitrogens with zero attached hydrogens (tertiary/aromatic N) is 1. The second-order valence-electron chi connectivity index (χ2n) is 4.20. The van der Waals surface area contributed by atoms with Crippen LogP contribution in [0, 0.1) is 0 Å². The Kier molecular flexibility index (Phi) is 3.09. The van der Waals surface area contributed by atoms with Crippen molar-refractivity contribution in [2.45, 2.75) is 6.04 Å². The van der Waals surface area contributed by atoms with Crippen LogP contribution in [0.2, 0.25) is 0 Å². The fraction of sp³-hybridized carbons (Fsp3) is 0.133. The van der Waals surface area contributed by atoms with Gasteiger partial charge in [0.2, 0.25) is 0 Å². The van der Waals surface area contributed by atoms with Crippen LogP contribution in [0.5, 0.6) is 0 Å². The first-order chi connectivity index (χ1) is 8.90. The van der Waals surface area contributed by atoms with Crippen molar-refractivity contribution in [3.63, 3.8) is 0 Å². The zero-order valence-electron chi connectivity index (χ0n) is 10.1. The lowest BCUT2D eigenvalue weighted by atomic mass is 9.97. The van der Waals surface area contributed by atoms with Gasteiger partial charge in [0, 0.05) is 5.38 Å². The van der Waals surface area contributed by atoms with Crippen LogP contribution in [-0.2, 0) is 0 Å². The van der Waals surface area contributed by atoms with E-state index in [1.165, 1.54) is 16.3 Å². The first-order valence-electron chi connectivity index (χ1n) is 5.93. The van der Waals surface area contributed by atoms with Crippen LogP contribution in [-0.4, -0.2) is 12.0 Å². The highest BCUT2D eigenvalue weighted by Gasteiger charge is 2.15. The number of aromatic nitrogens is 1. The summed E-state index contributed by atoms with van der Waals surface area (Å²) in [5.74, 6) is 0. The van der Waals surface area contributed by atoms with Gasteiger partial charge >= 0.3 is 0 Å². The average Bonchev–Trinajstić information content (AvgIpc) is 2.94. The first kappa shape index (κ1) is 11.4. The molecule has 1 N–H and O–H groups in total. The average molecular weight is 254 g/mol. The molecular formula is C15H14N2S. The molecule has 1 atom stereocenters. The van der Waals surface area contributed by atoms with E-state index in [1.807, 2.05) is 12.6 Å². The Balaban J connectivity index is 2.18. The minimum absolute atomic E-state index is 0.155. The van der Waals surface area contributed by atoms with Crippen LogP contribution >= 0.6 is 11.3 Å². The molecule has 3 heteroatoms. The minimum atomic E-state index is 0.155. The van der Waals surface area contributed by atoms with Gasteiger partial charge in [-0.15, -0.1) is 11.3 Å². The fourth-order valence-electron chi connectivity index (χ4n) is 2.33. The van der Waals surface area contributed by atoms with Crippen molar-refractivity contribution >= 4 is 22.1 Å². The van der Waals surface area contributed by atoms with E-state index in [2.05, 4.69) is 58.1 Å². The van der Waals surface area contributed by atoms with E-state index in [4.69, 9.17) is 0 Å². The van der Waals surface area contributed by atoms with Crippen LogP contribution in [0.4, 0.5) is 0 Å². The van der Waals surface area contributed by atoms with Crippen molar-refractivity contribution in [2.75, 3.05) is 7.05 Å². The topological polar surface area (TPSA) is 24.9 Å². The summed E-state index contributed by atoms with van der Waals surface area (Å²) in [6.45, 7) is 0. The summed E-state index contributed by atoms with van der Waals surface area (Å²) >= 11 is 1.63. The smallest absolute Gasteiger partial charge is 0.0795 e. The molecule has 0 saturated heterocycles. The summed E-state index contributed by atoms with van der Waals surface area (Å²) in [6.07, 6.45) is 0. The van der Waals surface area contributed by atoms with Crippen LogP contribution in [0.25, 0.3) is 10.8 Å². The van der Waals surface area contributed by atoms with Gasteiger partial charge < -0.3 is 5.32 Å². The van der Waals surface area contributed by atoms with E-state index in [-0.39, 0.29) is 6.04 Å². The van der Waals surface area contributed by atoms with Crippen molar-refractivity contribution in [2.24, 2.45) is 0 Å². The van der Waals surface area contributed by atoms with Crippen molar-refractivity contribution in [3.8, 4) is 0 Å². The van der Waals surface area contributed by atoms with Gasteiger partial charge in [-0.2, -0.15) is 0 Å². The lowest BCUT2D eigenvalue weighted by Gasteiger charge is -2.16. The van der Waals surface area contributed by atoms with Crippen molar-refractivity contribution < 1.29 is 0 Å². The Hall–Kier alpha value is -1.71. The molecular weight excluding hydrogens is 240 g/mol. The Morgan fingerprint density at radius 1 is 1.11 bits per heavy atom. The highest BCUT2D eigenvalue weighted by atomic mass is 32.1. The molecule has 1 aromatic heterocycles. The van der Waals surface area contributed by atoms with E-state index < -0.39 is 0 Å².